The van der Waals surface area contributed by atoms with Gasteiger partial charge in [-0.2, -0.15) is 0 Å². The zero-order chi connectivity index (χ0) is 42.4. The maximum atomic E-state index is 14.2. The number of benzene rings is 1. The van der Waals surface area contributed by atoms with Gasteiger partial charge in [0.15, 0.2) is 18.9 Å². The quantitative estimate of drug-likeness (QED) is 0.226. The van der Waals surface area contributed by atoms with Gasteiger partial charge >= 0.3 is 5.97 Å². The lowest BCUT2D eigenvalue weighted by molar-refractivity contribution is -0.332. The highest BCUT2D eigenvalue weighted by molar-refractivity contribution is 7.89. The SMILES string of the molecule is CC[C@@H]1OC(=O)[C@H](C)[C@H](O[C@H]2C[C@@](C)(OC)[C@@H](O)[C@H](C)O2)[C@H](C)[C@@H](O[C@@H]2O[C@H](O)C[C@H](NS(=O)(=O)c3ccccc3)[C@H]2O)[C@](C)(O)C[C@@H](C)C2=C(C)C(=O)[C@@]1(C)O2. The summed E-state index contributed by atoms with van der Waals surface area (Å²) in [5.41, 5.74) is -4.20. The van der Waals surface area contributed by atoms with Crippen LogP contribution >= 0.6 is 0 Å². The molecular formula is C40H61NO15S. The normalized spacial score (nSPS) is 43.7. The van der Waals surface area contributed by atoms with E-state index in [1.807, 2.05) is 0 Å². The minimum Gasteiger partial charge on any atom is -0.479 e. The van der Waals surface area contributed by atoms with E-state index in [0.717, 1.165) is 0 Å². The summed E-state index contributed by atoms with van der Waals surface area (Å²) in [7, 11) is -2.71. The van der Waals surface area contributed by atoms with E-state index in [9.17, 15) is 38.4 Å². The molecule has 57 heavy (non-hydrogen) atoms. The van der Waals surface area contributed by atoms with E-state index >= 15 is 0 Å². The average molecular weight is 828 g/mol. The van der Waals surface area contributed by atoms with Gasteiger partial charge in [0, 0.05) is 37.4 Å². The number of carbonyl (C=O) groups excluding carboxylic acids is 2. The smallest absolute Gasteiger partial charge is 0.311 e. The van der Waals surface area contributed by atoms with Gasteiger partial charge in [0.05, 0.1) is 46.4 Å². The molecule has 3 saturated heterocycles. The molecule has 17 heteroatoms. The Kier molecular flexibility index (Phi) is 13.7. The van der Waals surface area contributed by atoms with Crippen LogP contribution in [0.5, 0.6) is 0 Å². The lowest BCUT2D eigenvalue weighted by atomic mass is 9.77. The van der Waals surface area contributed by atoms with E-state index in [1.54, 1.807) is 73.6 Å². The van der Waals surface area contributed by atoms with E-state index in [4.69, 9.17) is 33.2 Å². The summed E-state index contributed by atoms with van der Waals surface area (Å²) >= 11 is 0. The van der Waals surface area contributed by atoms with Crippen molar-refractivity contribution in [1.82, 2.24) is 4.72 Å². The van der Waals surface area contributed by atoms with Gasteiger partial charge in [0.1, 0.15) is 24.1 Å². The molecule has 4 aliphatic heterocycles. The topological polar surface area (TPSA) is 226 Å². The Morgan fingerprint density at radius 2 is 1.61 bits per heavy atom. The maximum absolute atomic E-state index is 14.2. The number of Topliss-reactive ketones (excluding diaryl/α,β-unsaturated/α-hetero) is 1. The minimum absolute atomic E-state index is 0.0459. The largest absolute Gasteiger partial charge is 0.479 e. The van der Waals surface area contributed by atoms with Crippen molar-refractivity contribution in [3.05, 3.63) is 41.7 Å². The van der Waals surface area contributed by atoms with Crippen molar-refractivity contribution in [1.29, 1.82) is 0 Å². The van der Waals surface area contributed by atoms with Crippen LogP contribution in [0.3, 0.4) is 0 Å². The second-order valence-corrected chi connectivity index (χ2v) is 18.5. The second-order valence-electron chi connectivity index (χ2n) is 16.8. The molecule has 16 nitrogen and oxygen atoms in total. The molecule has 16 atom stereocenters. The van der Waals surface area contributed by atoms with Crippen molar-refractivity contribution in [2.45, 2.75) is 171 Å². The predicted molar refractivity (Wildman–Crippen MR) is 202 cm³/mol. The number of fused-ring (bicyclic) bond motifs is 2. The number of esters is 1. The second kappa shape index (κ2) is 17.2. The number of allylic oxidation sites excluding steroid dienone is 1. The standard InChI is InChI=1S/C40H61NO15S/c1-11-27-40(9)33(44)21(3)31(56-40)20(2)18-38(7,47)35(55-37-30(43)26(17-28(42)53-37)41-57(48,49)25-15-13-12-14-16-25)22(4)32(23(5)36(46)52-27)54-29-19-39(8,50-10)34(45)24(6)51-29/h12-16,20,22-24,26-30,32,34-35,37,41-43,45,47H,11,17-19H2,1-10H3/t20-,22+,23-,24+,26+,27+,28+,29+,30-,32-,34+,35-,37+,38-,39-,40+/m1/s1. The van der Waals surface area contributed by atoms with E-state index in [2.05, 4.69) is 4.72 Å². The summed E-state index contributed by atoms with van der Waals surface area (Å²) in [6.07, 6.45) is -11.5. The molecule has 1 aromatic rings. The van der Waals surface area contributed by atoms with Gasteiger partial charge in [0.25, 0.3) is 0 Å². The number of cyclic esters (lactones) is 1. The number of rotatable bonds is 9. The first kappa shape index (κ1) is 45.5. The van der Waals surface area contributed by atoms with Crippen LogP contribution in [0.1, 0.15) is 88.0 Å². The van der Waals surface area contributed by atoms with Crippen LogP contribution in [0, 0.1) is 17.8 Å². The van der Waals surface area contributed by atoms with Gasteiger partial charge in [-0.25, -0.2) is 13.1 Å². The third-order valence-electron chi connectivity index (χ3n) is 12.2. The number of ketones is 1. The van der Waals surface area contributed by atoms with Gasteiger partial charge in [-0.15, -0.1) is 0 Å². The Balaban J connectivity index is 1.57. The Bertz CT molecular complexity index is 1740. The van der Waals surface area contributed by atoms with Gasteiger partial charge < -0.3 is 53.6 Å². The van der Waals surface area contributed by atoms with Gasteiger partial charge in [-0.3, -0.25) is 9.59 Å². The number of ether oxygens (including phenoxy) is 7. The third-order valence-corrected chi connectivity index (χ3v) is 13.7. The molecule has 0 aliphatic carbocycles. The molecule has 0 spiro atoms. The molecule has 1 aromatic carbocycles. The molecule has 4 aliphatic rings. The first-order chi connectivity index (χ1) is 26.5. The molecule has 0 aromatic heterocycles. The van der Waals surface area contributed by atoms with Crippen molar-refractivity contribution in [2.75, 3.05) is 7.11 Å². The number of aliphatic hydroxyl groups excluding tert-OH is 3. The number of hydrogen-bond acceptors (Lipinski definition) is 15. The molecule has 5 N–H and O–H groups in total. The van der Waals surface area contributed by atoms with Crippen LogP contribution in [0.15, 0.2) is 46.6 Å². The lowest BCUT2D eigenvalue weighted by Gasteiger charge is -2.48. The molecule has 322 valence electrons. The van der Waals surface area contributed by atoms with Gasteiger partial charge in [0.2, 0.25) is 21.4 Å². The monoisotopic (exact) mass is 827 g/mol. The van der Waals surface area contributed by atoms with Crippen molar-refractivity contribution in [3.8, 4) is 0 Å². The molecule has 3 fully saturated rings. The number of aliphatic hydroxyl groups is 4. The van der Waals surface area contributed by atoms with E-state index in [1.165, 1.54) is 26.2 Å². The molecular weight excluding hydrogens is 766 g/mol. The summed E-state index contributed by atoms with van der Waals surface area (Å²) in [4.78, 5) is 28.0. The fourth-order valence-corrected chi connectivity index (χ4v) is 10.2. The van der Waals surface area contributed by atoms with Crippen molar-refractivity contribution in [3.63, 3.8) is 0 Å². The Morgan fingerprint density at radius 3 is 2.23 bits per heavy atom. The number of carbonyl (C=O) groups is 2. The first-order valence-corrected chi connectivity index (χ1v) is 21.1. The summed E-state index contributed by atoms with van der Waals surface area (Å²) in [5.74, 6) is -3.47. The Hall–Kier alpha value is -2.55. The lowest BCUT2D eigenvalue weighted by Crippen LogP contribution is -2.61. The van der Waals surface area contributed by atoms with Crippen molar-refractivity contribution < 1.29 is 71.6 Å². The van der Waals surface area contributed by atoms with Crippen LogP contribution in [0.4, 0.5) is 0 Å². The number of hydrogen-bond donors (Lipinski definition) is 5. The Labute approximate surface area is 335 Å². The van der Waals surface area contributed by atoms with E-state index in [-0.39, 0.29) is 36.4 Å². The highest BCUT2D eigenvalue weighted by Crippen LogP contribution is 2.44. The average Bonchev–Trinajstić information content (AvgIpc) is 3.39. The molecule has 2 bridgehead atoms. The van der Waals surface area contributed by atoms with Crippen LogP contribution in [-0.2, 0) is 52.8 Å². The molecule has 0 unspecified atom stereocenters. The van der Waals surface area contributed by atoms with E-state index < -0.39 is 112 Å². The summed E-state index contributed by atoms with van der Waals surface area (Å²) in [6, 6.07) is 6.23. The van der Waals surface area contributed by atoms with E-state index in [0.29, 0.717) is 11.3 Å². The fourth-order valence-electron chi connectivity index (χ4n) is 8.87. The summed E-state index contributed by atoms with van der Waals surface area (Å²) in [6.45, 7) is 14.8. The fraction of sp³-hybridized carbons (Fsp3) is 0.750. The van der Waals surface area contributed by atoms with Crippen LogP contribution in [0.2, 0.25) is 0 Å². The highest BCUT2D eigenvalue weighted by atomic mass is 32.2. The molecule has 0 saturated carbocycles. The van der Waals surface area contributed by atoms with Gasteiger partial charge in [-0.05, 0) is 66.5 Å². The number of sulfonamides is 1. The van der Waals surface area contributed by atoms with Crippen LogP contribution in [0.25, 0.3) is 0 Å². The van der Waals surface area contributed by atoms with Crippen LogP contribution < -0.4 is 4.72 Å². The first-order valence-electron chi connectivity index (χ1n) is 19.7. The summed E-state index contributed by atoms with van der Waals surface area (Å²) in [5, 5.41) is 46.0. The van der Waals surface area contributed by atoms with Crippen molar-refractivity contribution >= 4 is 21.8 Å². The zero-order valence-corrected chi connectivity index (χ0v) is 35.2. The van der Waals surface area contributed by atoms with Crippen LogP contribution in [-0.4, -0.2) is 126 Å². The minimum atomic E-state index is -4.17. The van der Waals surface area contributed by atoms with Gasteiger partial charge in [-0.1, -0.05) is 39.0 Å². The molecule has 0 amide bonds. The molecule has 0 radical (unpaired) electrons. The summed E-state index contributed by atoms with van der Waals surface area (Å²) < 4.78 is 72.1. The Morgan fingerprint density at radius 1 is 0.965 bits per heavy atom. The predicted octanol–water partition coefficient (Wildman–Crippen LogP) is 2.45. The number of nitrogens with one attached hydrogen (secondary N) is 1. The third kappa shape index (κ3) is 9.14. The maximum Gasteiger partial charge on any atom is 0.311 e. The number of methoxy groups -OCH3 is 1. The molecule has 5 rings (SSSR count). The van der Waals surface area contributed by atoms with Crippen molar-refractivity contribution in [2.24, 2.45) is 17.8 Å². The molecule has 4 heterocycles. The highest BCUT2D eigenvalue weighted by Gasteiger charge is 2.56. The zero-order valence-electron chi connectivity index (χ0n) is 34.4.